The summed E-state index contributed by atoms with van der Waals surface area (Å²) in [6.07, 6.45) is 2.40. The summed E-state index contributed by atoms with van der Waals surface area (Å²) in [5.74, 6) is -0.455. The number of carbonyl (C=O) groups is 2. The smallest absolute Gasteiger partial charge is 0.270 e. The lowest BCUT2D eigenvalue weighted by atomic mass is 10.1. The van der Waals surface area contributed by atoms with Gasteiger partial charge in [-0.2, -0.15) is 0 Å². The summed E-state index contributed by atoms with van der Waals surface area (Å²) in [5, 5.41) is 3.72. The Morgan fingerprint density at radius 3 is 2.46 bits per heavy atom. The molecule has 0 unspecified atom stereocenters. The van der Waals surface area contributed by atoms with E-state index in [9.17, 15) is 9.59 Å². The number of nitrogens with zero attached hydrogens (tertiary/aromatic N) is 1. The minimum atomic E-state index is -0.546. The molecule has 178 valence electrons. The Hall–Kier alpha value is -2.71. The number of rotatable bonds is 6. The molecular weight excluding hydrogens is 571 g/mol. The third-order valence-electron chi connectivity index (χ3n) is 5.37. The molecule has 0 spiro atoms. The minimum absolute atomic E-state index is 0.0216. The molecule has 0 bridgehead atoms. The highest BCUT2D eigenvalue weighted by Crippen LogP contribution is 2.30. The molecule has 0 aliphatic carbocycles. The summed E-state index contributed by atoms with van der Waals surface area (Å²) < 4.78 is 6.53. The van der Waals surface area contributed by atoms with Crippen LogP contribution in [-0.4, -0.2) is 16.9 Å². The fraction of sp³-hybridized carbons (Fsp3) is 0.115. The van der Waals surface area contributed by atoms with Crippen LogP contribution >= 0.6 is 51.3 Å². The SMILES string of the molecule is CCc1ccc(N2C(=O)/C(=C/c3ccc(OCc4ccc(Cl)cc4Cl)c(Br)c3)C(=O)NC2=S)cc1. The highest BCUT2D eigenvalue weighted by molar-refractivity contribution is 9.10. The quantitative estimate of drug-likeness (QED) is 0.197. The molecule has 0 aromatic heterocycles. The molecule has 5 nitrogen and oxygen atoms in total. The molecule has 3 aromatic carbocycles. The number of thiocarbonyl (C=S) groups is 1. The van der Waals surface area contributed by atoms with Gasteiger partial charge in [0, 0.05) is 15.6 Å². The Labute approximate surface area is 226 Å². The third-order valence-corrected chi connectivity index (χ3v) is 6.86. The van der Waals surface area contributed by atoms with E-state index < -0.39 is 11.8 Å². The highest BCUT2D eigenvalue weighted by Gasteiger charge is 2.34. The Bertz CT molecular complexity index is 1360. The van der Waals surface area contributed by atoms with Crippen molar-refractivity contribution in [3.63, 3.8) is 0 Å². The number of aryl methyl sites for hydroxylation is 1. The van der Waals surface area contributed by atoms with Crippen LogP contribution in [0, 0.1) is 0 Å². The van der Waals surface area contributed by atoms with Crippen molar-refractivity contribution in [1.82, 2.24) is 5.32 Å². The van der Waals surface area contributed by atoms with Gasteiger partial charge in [0.05, 0.1) is 10.2 Å². The number of benzene rings is 3. The number of carbonyl (C=O) groups excluding carboxylic acids is 2. The number of hydrogen-bond donors (Lipinski definition) is 1. The molecule has 2 amide bonds. The Balaban J connectivity index is 1.55. The first-order valence-electron chi connectivity index (χ1n) is 10.6. The van der Waals surface area contributed by atoms with Crippen molar-refractivity contribution >= 4 is 80.0 Å². The fourth-order valence-corrected chi connectivity index (χ4v) is 4.71. The van der Waals surface area contributed by atoms with Crippen molar-refractivity contribution in [1.29, 1.82) is 0 Å². The third kappa shape index (κ3) is 5.76. The molecule has 0 atom stereocenters. The molecule has 0 radical (unpaired) electrons. The number of anilines is 1. The molecule has 35 heavy (non-hydrogen) atoms. The van der Waals surface area contributed by atoms with Crippen molar-refractivity contribution in [3.05, 3.63) is 97.4 Å². The van der Waals surface area contributed by atoms with Gasteiger partial charge in [0.25, 0.3) is 11.8 Å². The monoisotopic (exact) mass is 588 g/mol. The lowest BCUT2D eigenvalue weighted by Gasteiger charge is -2.29. The maximum atomic E-state index is 13.2. The summed E-state index contributed by atoms with van der Waals surface area (Å²) in [7, 11) is 0. The van der Waals surface area contributed by atoms with Crippen LogP contribution in [0.2, 0.25) is 10.0 Å². The van der Waals surface area contributed by atoms with Gasteiger partial charge in [0.2, 0.25) is 0 Å². The standard InChI is InChI=1S/C26H19BrCl2N2O3S/c1-2-15-3-8-19(9-4-15)31-25(33)20(24(32)30-26(31)35)11-16-5-10-23(21(27)12-16)34-14-17-6-7-18(28)13-22(17)29/h3-13H,2,14H2,1H3,(H,30,32,35)/b20-11+. The molecule has 9 heteroatoms. The second-order valence-electron chi connectivity index (χ2n) is 7.69. The molecule has 0 saturated carbocycles. The zero-order valence-corrected chi connectivity index (χ0v) is 22.4. The van der Waals surface area contributed by atoms with Crippen molar-refractivity contribution in [2.24, 2.45) is 0 Å². The summed E-state index contributed by atoms with van der Waals surface area (Å²) in [6.45, 7) is 2.30. The second-order valence-corrected chi connectivity index (χ2v) is 9.78. The molecular formula is C26H19BrCl2N2O3S. The van der Waals surface area contributed by atoms with Gasteiger partial charge in [-0.25, -0.2) is 0 Å². The number of amides is 2. The average Bonchev–Trinajstić information content (AvgIpc) is 2.82. The van der Waals surface area contributed by atoms with E-state index in [1.807, 2.05) is 31.2 Å². The maximum Gasteiger partial charge on any atom is 0.270 e. The summed E-state index contributed by atoms with van der Waals surface area (Å²) in [5.41, 5.74) is 3.14. The average molecular weight is 590 g/mol. The van der Waals surface area contributed by atoms with Gasteiger partial charge < -0.3 is 4.74 Å². The first kappa shape index (κ1) is 25.4. The molecule has 1 aliphatic heterocycles. The van der Waals surface area contributed by atoms with Gasteiger partial charge in [0.1, 0.15) is 17.9 Å². The van der Waals surface area contributed by atoms with E-state index in [0.29, 0.717) is 31.5 Å². The van der Waals surface area contributed by atoms with Gasteiger partial charge in [-0.1, -0.05) is 54.4 Å². The van der Waals surface area contributed by atoms with Gasteiger partial charge in [0.15, 0.2) is 5.11 Å². The van der Waals surface area contributed by atoms with E-state index in [-0.39, 0.29) is 17.3 Å². The van der Waals surface area contributed by atoms with E-state index in [0.717, 1.165) is 17.5 Å². The van der Waals surface area contributed by atoms with E-state index in [1.165, 1.54) is 11.0 Å². The van der Waals surface area contributed by atoms with Crippen LogP contribution in [0.4, 0.5) is 5.69 Å². The molecule has 1 fully saturated rings. The van der Waals surface area contributed by atoms with E-state index >= 15 is 0 Å². The van der Waals surface area contributed by atoms with Gasteiger partial charge in [-0.15, -0.1) is 0 Å². The molecule has 1 N–H and O–H groups in total. The maximum absolute atomic E-state index is 13.2. The zero-order chi connectivity index (χ0) is 25.1. The van der Waals surface area contributed by atoms with Crippen LogP contribution in [-0.2, 0) is 22.6 Å². The highest BCUT2D eigenvalue weighted by atomic mass is 79.9. The number of halogens is 3. The van der Waals surface area contributed by atoms with Crippen molar-refractivity contribution in [2.75, 3.05) is 4.90 Å². The van der Waals surface area contributed by atoms with Crippen LogP contribution in [0.1, 0.15) is 23.6 Å². The van der Waals surface area contributed by atoms with Crippen LogP contribution in [0.5, 0.6) is 5.75 Å². The van der Waals surface area contributed by atoms with E-state index in [1.54, 1.807) is 36.4 Å². The number of nitrogens with one attached hydrogen (secondary N) is 1. The van der Waals surface area contributed by atoms with Crippen molar-refractivity contribution in [3.8, 4) is 5.75 Å². The van der Waals surface area contributed by atoms with Gasteiger partial charge in [-0.3, -0.25) is 19.8 Å². The second kappa shape index (κ2) is 10.9. The molecule has 1 heterocycles. The predicted octanol–water partition coefficient (Wildman–Crippen LogP) is 6.73. The van der Waals surface area contributed by atoms with E-state index in [4.69, 9.17) is 40.2 Å². The minimum Gasteiger partial charge on any atom is -0.488 e. The first-order chi connectivity index (χ1) is 16.8. The zero-order valence-electron chi connectivity index (χ0n) is 18.5. The fourth-order valence-electron chi connectivity index (χ4n) is 3.46. The largest absolute Gasteiger partial charge is 0.488 e. The van der Waals surface area contributed by atoms with Crippen LogP contribution in [0.25, 0.3) is 6.08 Å². The van der Waals surface area contributed by atoms with Crippen molar-refractivity contribution in [2.45, 2.75) is 20.0 Å². The first-order valence-corrected chi connectivity index (χ1v) is 12.6. The van der Waals surface area contributed by atoms with Gasteiger partial charge in [-0.05, 0) is 88.2 Å². The van der Waals surface area contributed by atoms with Crippen molar-refractivity contribution < 1.29 is 14.3 Å². The Morgan fingerprint density at radius 1 is 1.06 bits per heavy atom. The normalized spacial score (nSPS) is 14.9. The summed E-state index contributed by atoms with van der Waals surface area (Å²) >= 11 is 20.9. The number of ether oxygens (including phenoxy) is 1. The number of hydrogen-bond acceptors (Lipinski definition) is 4. The summed E-state index contributed by atoms with van der Waals surface area (Å²) in [4.78, 5) is 27.1. The Kier molecular flexibility index (Phi) is 7.91. The molecule has 1 saturated heterocycles. The lowest BCUT2D eigenvalue weighted by Crippen LogP contribution is -2.54. The molecule has 3 aromatic rings. The van der Waals surface area contributed by atoms with Crippen LogP contribution in [0.3, 0.4) is 0 Å². The van der Waals surface area contributed by atoms with Crippen LogP contribution in [0.15, 0.2) is 70.7 Å². The molecule has 1 aliphatic rings. The topological polar surface area (TPSA) is 58.6 Å². The summed E-state index contributed by atoms with van der Waals surface area (Å²) in [6, 6.07) is 18.0. The van der Waals surface area contributed by atoms with Crippen LogP contribution < -0.4 is 15.0 Å². The molecule has 4 rings (SSSR count). The van der Waals surface area contributed by atoms with Gasteiger partial charge >= 0.3 is 0 Å². The predicted molar refractivity (Wildman–Crippen MR) is 147 cm³/mol. The van der Waals surface area contributed by atoms with E-state index in [2.05, 4.69) is 21.2 Å². The Morgan fingerprint density at radius 2 is 1.80 bits per heavy atom. The lowest BCUT2D eigenvalue weighted by molar-refractivity contribution is -0.122.